The molecule has 0 radical (unpaired) electrons. The fraction of sp³-hybridized carbons (Fsp3) is 0.364. The molecule has 5 nitrogen and oxygen atoms in total. The number of nitrogens with zero attached hydrogens (tertiary/aromatic N) is 2. The highest BCUT2D eigenvalue weighted by Crippen LogP contribution is 2.34. The molecule has 0 saturated carbocycles. The highest BCUT2D eigenvalue weighted by molar-refractivity contribution is 6.13. The minimum Gasteiger partial charge on any atom is -0.383 e. The zero-order valence-corrected chi connectivity index (χ0v) is 16.5. The van der Waals surface area contributed by atoms with Crippen LogP contribution in [0.25, 0.3) is 0 Å². The van der Waals surface area contributed by atoms with Crippen molar-refractivity contribution in [1.82, 2.24) is 0 Å². The van der Waals surface area contributed by atoms with E-state index in [9.17, 15) is 9.18 Å². The number of hydrogen-bond acceptors (Lipinski definition) is 4. The van der Waals surface area contributed by atoms with Gasteiger partial charge in [0.2, 0.25) is 5.91 Å². The SMILES string of the molecule is CCCN(CCOC)c1ccc(N=CC2C(=O)Nc3cccc(C)c32)cc1F. The Bertz CT molecular complexity index is 882. The van der Waals surface area contributed by atoms with Crippen LogP contribution in [0.2, 0.25) is 0 Å². The second kappa shape index (κ2) is 8.97. The van der Waals surface area contributed by atoms with E-state index in [2.05, 4.69) is 17.2 Å². The predicted molar refractivity (Wildman–Crippen MR) is 111 cm³/mol. The molecule has 2 aromatic rings. The molecule has 0 saturated heterocycles. The van der Waals surface area contributed by atoms with Gasteiger partial charge in [0.25, 0.3) is 0 Å². The zero-order chi connectivity index (χ0) is 20.1. The van der Waals surface area contributed by atoms with Gasteiger partial charge in [-0.25, -0.2) is 4.39 Å². The van der Waals surface area contributed by atoms with Crippen LogP contribution in [-0.2, 0) is 9.53 Å². The highest BCUT2D eigenvalue weighted by atomic mass is 19.1. The van der Waals surface area contributed by atoms with Crippen LogP contribution in [0.3, 0.4) is 0 Å². The van der Waals surface area contributed by atoms with Crippen LogP contribution in [0, 0.1) is 12.7 Å². The van der Waals surface area contributed by atoms with Gasteiger partial charge in [-0.05, 0) is 42.7 Å². The van der Waals surface area contributed by atoms with E-state index in [1.165, 1.54) is 6.07 Å². The summed E-state index contributed by atoms with van der Waals surface area (Å²) in [5, 5.41) is 2.87. The summed E-state index contributed by atoms with van der Waals surface area (Å²) in [5.74, 6) is -0.900. The lowest BCUT2D eigenvalue weighted by atomic mass is 9.97. The van der Waals surface area contributed by atoms with Crippen LogP contribution >= 0.6 is 0 Å². The average molecular weight is 383 g/mol. The predicted octanol–water partition coefficient (Wildman–Crippen LogP) is 4.44. The summed E-state index contributed by atoms with van der Waals surface area (Å²) in [6, 6.07) is 10.7. The molecular weight excluding hydrogens is 357 g/mol. The van der Waals surface area contributed by atoms with E-state index in [0.29, 0.717) is 24.5 Å². The lowest BCUT2D eigenvalue weighted by molar-refractivity contribution is -0.115. The average Bonchev–Trinajstić information content (AvgIpc) is 3.00. The summed E-state index contributed by atoms with van der Waals surface area (Å²) in [6.45, 7) is 5.94. The van der Waals surface area contributed by atoms with Crippen molar-refractivity contribution in [3.05, 3.63) is 53.3 Å². The van der Waals surface area contributed by atoms with Crippen molar-refractivity contribution >= 4 is 29.2 Å². The maximum Gasteiger partial charge on any atom is 0.237 e. The van der Waals surface area contributed by atoms with E-state index in [1.807, 2.05) is 30.0 Å². The van der Waals surface area contributed by atoms with E-state index in [-0.39, 0.29) is 11.7 Å². The van der Waals surface area contributed by atoms with Crippen molar-refractivity contribution in [3.63, 3.8) is 0 Å². The maximum atomic E-state index is 14.7. The van der Waals surface area contributed by atoms with E-state index < -0.39 is 5.92 Å². The fourth-order valence-electron chi connectivity index (χ4n) is 3.50. The third-order valence-electron chi connectivity index (χ3n) is 4.88. The van der Waals surface area contributed by atoms with Gasteiger partial charge in [-0.15, -0.1) is 0 Å². The number of fused-ring (bicyclic) bond motifs is 1. The Hall–Kier alpha value is -2.73. The first kappa shape index (κ1) is 20.0. The van der Waals surface area contributed by atoms with Gasteiger partial charge in [-0.3, -0.25) is 9.79 Å². The number of ether oxygens (including phenoxy) is 1. The van der Waals surface area contributed by atoms with Crippen LogP contribution < -0.4 is 10.2 Å². The molecule has 0 bridgehead atoms. The molecule has 1 unspecified atom stereocenters. The molecule has 1 aliphatic rings. The molecule has 2 aromatic carbocycles. The minimum atomic E-state index is -0.461. The van der Waals surface area contributed by atoms with Crippen LogP contribution in [0.4, 0.5) is 21.5 Å². The molecule has 1 atom stereocenters. The quantitative estimate of drug-likeness (QED) is 0.686. The number of methoxy groups -OCH3 is 1. The van der Waals surface area contributed by atoms with Gasteiger partial charge in [-0.2, -0.15) is 0 Å². The minimum absolute atomic E-state index is 0.112. The summed E-state index contributed by atoms with van der Waals surface area (Å²) < 4.78 is 19.8. The maximum absolute atomic E-state index is 14.7. The monoisotopic (exact) mass is 383 g/mol. The summed E-state index contributed by atoms with van der Waals surface area (Å²) in [7, 11) is 1.64. The van der Waals surface area contributed by atoms with E-state index in [1.54, 1.807) is 25.5 Å². The highest BCUT2D eigenvalue weighted by Gasteiger charge is 2.30. The number of aryl methyl sites for hydroxylation is 1. The Balaban J connectivity index is 1.81. The molecule has 148 valence electrons. The number of halogens is 1. The van der Waals surface area contributed by atoms with Gasteiger partial charge in [0.05, 0.1) is 18.0 Å². The number of benzene rings is 2. The smallest absolute Gasteiger partial charge is 0.237 e. The topological polar surface area (TPSA) is 53.9 Å². The summed E-state index contributed by atoms with van der Waals surface area (Å²) >= 11 is 0. The number of anilines is 2. The molecule has 28 heavy (non-hydrogen) atoms. The Kier molecular flexibility index (Phi) is 6.41. The first-order chi connectivity index (χ1) is 13.5. The van der Waals surface area contributed by atoms with Gasteiger partial charge in [0.1, 0.15) is 11.7 Å². The van der Waals surface area contributed by atoms with Crippen molar-refractivity contribution in [2.75, 3.05) is 37.0 Å². The van der Waals surface area contributed by atoms with Crippen molar-refractivity contribution in [2.45, 2.75) is 26.2 Å². The molecule has 1 aliphatic heterocycles. The second-order valence-corrected chi connectivity index (χ2v) is 6.90. The first-order valence-corrected chi connectivity index (χ1v) is 9.53. The lowest BCUT2D eigenvalue weighted by Crippen LogP contribution is -2.28. The zero-order valence-electron chi connectivity index (χ0n) is 16.5. The summed E-state index contributed by atoms with van der Waals surface area (Å²) in [5.41, 5.74) is 3.80. The number of rotatable bonds is 8. The molecular formula is C22H26FN3O2. The van der Waals surface area contributed by atoms with Crippen molar-refractivity contribution in [3.8, 4) is 0 Å². The van der Waals surface area contributed by atoms with E-state index >= 15 is 0 Å². The van der Waals surface area contributed by atoms with Gasteiger partial charge in [0.15, 0.2) is 0 Å². The van der Waals surface area contributed by atoms with Crippen molar-refractivity contribution in [2.24, 2.45) is 4.99 Å². The molecule has 0 aliphatic carbocycles. The van der Waals surface area contributed by atoms with Crippen LogP contribution in [0.5, 0.6) is 0 Å². The van der Waals surface area contributed by atoms with Crippen LogP contribution in [0.15, 0.2) is 41.4 Å². The fourth-order valence-corrected chi connectivity index (χ4v) is 3.50. The lowest BCUT2D eigenvalue weighted by Gasteiger charge is -2.24. The number of hydrogen-bond donors (Lipinski definition) is 1. The number of amides is 1. The number of aliphatic imine (C=N–C) groups is 1. The van der Waals surface area contributed by atoms with Crippen LogP contribution in [0.1, 0.15) is 30.4 Å². The third kappa shape index (κ3) is 4.22. The first-order valence-electron chi connectivity index (χ1n) is 9.53. The van der Waals surface area contributed by atoms with Gasteiger partial charge in [0, 0.05) is 38.2 Å². The van der Waals surface area contributed by atoms with Crippen molar-refractivity contribution < 1.29 is 13.9 Å². The Morgan fingerprint density at radius 1 is 1.29 bits per heavy atom. The Morgan fingerprint density at radius 3 is 2.82 bits per heavy atom. The molecule has 1 N–H and O–H groups in total. The second-order valence-electron chi connectivity index (χ2n) is 6.90. The van der Waals surface area contributed by atoms with Gasteiger partial charge < -0.3 is 15.0 Å². The third-order valence-corrected chi connectivity index (χ3v) is 4.88. The number of carbonyl (C=O) groups is 1. The molecule has 1 amide bonds. The van der Waals surface area contributed by atoms with Gasteiger partial charge >= 0.3 is 0 Å². The number of nitrogens with one attached hydrogen (secondary N) is 1. The van der Waals surface area contributed by atoms with E-state index in [0.717, 1.165) is 29.8 Å². The summed E-state index contributed by atoms with van der Waals surface area (Å²) in [4.78, 5) is 18.6. The molecule has 1 heterocycles. The summed E-state index contributed by atoms with van der Waals surface area (Å²) in [6.07, 6.45) is 2.51. The largest absolute Gasteiger partial charge is 0.383 e. The molecule has 0 fully saturated rings. The Labute approximate surface area is 165 Å². The van der Waals surface area contributed by atoms with Crippen LogP contribution in [-0.4, -0.2) is 38.9 Å². The Morgan fingerprint density at radius 2 is 2.11 bits per heavy atom. The molecule has 6 heteroatoms. The molecule has 0 aromatic heterocycles. The van der Waals surface area contributed by atoms with Crippen molar-refractivity contribution in [1.29, 1.82) is 0 Å². The molecule has 3 rings (SSSR count). The standard InChI is InChI=1S/C22H26FN3O2/c1-4-10-26(11-12-28-3)20-9-8-16(13-18(20)23)24-14-17-21-15(2)6-5-7-19(21)25-22(17)27/h5-9,13-14,17H,4,10-12H2,1-3H3,(H,25,27). The molecule has 0 spiro atoms. The number of carbonyl (C=O) groups excluding carboxylic acids is 1. The normalized spacial score (nSPS) is 15.7. The van der Waals surface area contributed by atoms with Gasteiger partial charge in [-0.1, -0.05) is 19.1 Å². The van der Waals surface area contributed by atoms with E-state index in [4.69, 9.17) is 4.74 Å².